The van der Waals surface area contributed by atoms with Crippen molar-refractivity contribution in [1.82, 2.24) is 0 Å². The molecule has 0 aliphatic carbocycles. The van der Waals surface area contributed by atoms with Crippen LogP contribution in [-0.2, 0) is 0 Å². The lowest BCUT2D eigenvalue weighted by Crippen LogP contribution is -1.94. The molecule has 1 atom stereocenters. The van der Waals surface area contributed by atoms with E-state index < -0.39 is 0 Å². The molecule has 112 valence electrons. The maximum atomic E-state index is 5.76. The van der Waals surface area contributed by atoms with Crippen molar-refractivity contribution in [3.05, 3.63) is 102 Å². The summed E-state index contributed by atoms with van der Waals surface area (Å²) in [5.41, 5.74) is 3.40. The standard InChI is InChI=1S/C22H18O/c1-3-18(22-15-14-17(2)23-22)16-21(19-10-6-4-7-11-19)20-12-8-5-9-13-20/h1,4-16,18H,2H3. The van der Waals surface area contributed by atoms with Gasteiger partial charge in [0.05, 0.1) is 5.92 Å². The highest BCUT2D eigenvalue weighted by Crippen LogP contribution is 2.29. The van der Waals surface area contributed by atoms with E-state index in [1.807, 2.05) is 55.5 Å². The molecule has 1 aromatic heterocycles. The van der Waals surface area contributed by atoms with Gasteiger partial charge < -0.3 is 4.42 Å². The summed E-state index contributed by atoms with van der Waals surface area (Å²) < 4.78 is 5.72. The van der Waals surface area contributed by atoms with E-state index in [0.717, 1.165) is 28.2 Å². The number of furan rings is 1. The molecule has 0 saturated carbocycles. The van der Waals surface area contributed by atoms with Crippen LogP contribution in [0.5, 0.6) is 0 Å². The summed E-state index contributed by atoms with van der Waals surface area (Å²) in [5.74, 6) is 4.31. The molecule has 0 spiro atoms. The third kappa shape index (κ3) is 3.44. The third-order valence-electron chi connectivity index (χ3n) is 3.75. The van der Waals surface area contributed by atoms with E-state index in [9.17, 15) is 0 Å². The van der Waals surface area contributed by atoms with E-state index in [1.54, 1.807) is 0 Å². The molecule has 1 heteroatoms. The van der Waals surface area contributed by atoms with Crippen molar-refractivity contribution in [2.24, 2.45) is 0 Å². The quantitative estimate of drug-likeness (QED) is 0.585. The van der Waals surface area contributed by atoms with Gasteiger partial charge in [-0.05, 0) is 35.8 Å². The Bertz CT molecular complexity index is 791. The van der Waals surface area contributed by atoms with Crippen molar-refractivity contribution in [3.8, 4) is 12.3 Å². The van der Waals surface area contributed by atoms with Gasteiger partial charge in [-0.15, -0.1) is 6.42 Å². The molecule has 1 heterocycles. The molecule has 0 aliphatic rings. The van der Waals surface area contributed by atoms with Crippen LogP contribution in [-0.4, -0.2) is 0 Å². The summed E-state index contributed by atoms with van der Waals surface area (Å²) in [6, 6.07) is 24.5. The molecule has 1 nitrogen and oxygen atoms in total. The van der Waals surface area contributed by atoms with E-state index in [1.165, 1.54) is 0 Å². The summed E-state index contributed by atoms with van der Waals surface area (Å²) in [7, 11) is 0. The largest absolute Gasteiger partial charge is 0.465 e. The third-order valence-corrected chi connectivity index (χ3v) is 3.75. The summed E-state index contributed by atoms with van der Waals surface area (Å²) in [4.78, 5) is 0. The Balaban J connectivity index is 2.09. The Kier molecular flexibility index (Phi) is 4.45. The molecule has 2 aromatic carbocycles. The zero-order valence-electron chi connectivity index (χ0n) is 13.1. The van der Waals surface area contributed by atoms with E-state index in [4.69, 9.17) is 10.8 Å². The van der Waals surface area contributed by atoms with Gasteiger partial charge in [-0.1, -0.05) is 72.7 Å². The van der Waals surface area contributed by atoms with Gasteiger partial charge in [0.25, 0.3) is 0 Å². The maximum Gasteiger partial charge on any atom is 0.123 e. The van der Waals surface area contributed by atoms with Crippen molar-refractivity contribution in [2.45, 2.75) is 12.8 Å². The number of hydrogen-bond acceptors (Lipinski definition) is 1. The van der Waals surface area contributed by atoms with Crippen LogP contribution in [0.2, 0.25) is 0 Å². The molecular formula is C22H18O. The minimum atomic E-state index is -0.195. The van der Waals surface area contributed by atoms with Crippen LogP contribution < -0.4 is 0 Å². The predicted molar refractivity (Wildman–Crippen MR) is 95.0 cm³/mol. The van der Waals surface area contributed by atoms with E-state index in [2.05, 4.69) is 36.3 Å². The predicted octanol–water partition coefficient (Wildman–Crippen LogP) is 5.44. The number of rotatable bonds is 4. The van der Waals surface area contributed by atoms with Crippen LogP contribution in [0.1, 0.15) is 28.6 Å². The SMILES string of the molecule is C#CC(C=C(c1ccccc1)c1ccccc1)c1ccc(C)o1. The van der Waals surface area contributed by atoms with Crippen LogP contribution >= 0.6 is 0 Å². The van der Waals surface area contributed by atoms with Crippen LogP contribution in [0.3, 0.4) is 0 Å². The number of benzene rings is 2. The molecular weight excluding hydrogens is 280 g/mol. The first-order valence-electron chi connectivity index (χ1n) is 7.63. The lowest BCUT2D eigenvalue weighted by atomic mass is 9.93. The van der Waals surface area contributed by atoms with Gasteiger partial charge in [-0.2, -0.15) is 0 Å². The fourth-order valence-electron chi connectivity index (χ4n) is 2.59. The van der Waals surface area contributed by atoms with Gasteiger partial charge in [-0.25, -0.2) is 0 Å². The Morgan fingerprint density at radius 1 is 0.913 bits per heavy atom. The molecule has 0 amide bonds. The lowest BCUT2D eigenvalue weighted by Gasteiger charge is -2.11. The smallest absolute Gasteiger partial charge is 0.123 e. The molecule has 3 aromatic rings. The molecule has 0 saturated heterocycles. The van der Waals surface area contributed by atoms with Gasteiger partial charge >= 0.3 is 0 Å². The summed E-state index contributed by atoms with van der Waals surface area (Å²) in [6.07, 6.45) is 7.86. The molecule has 1 unspecified atom stereocenters. The van der Waals surface area contributed by atoms with E-state index >= 15 is 0 Å². The number of allylic oxidation sites excluding steroid dienone is 1. The monoisotopic (exact) mass is 298 g/mol. The Hall–Kier alpha value is -2.98. The number of terminal acetylenes is 1. The molecule has 0 bridgehead atoms. The van der Waals surface area contributed by atoms with Gasteiger partial charge in [0.1, 0.15) is 11.5 Å². The Morgan fingerprint density at radius 2 is 1.48 bits per heavy atom. The van der Waals surface area contributed by atoms with Gasteiger partial charge in [0.2, 0.25) is 0 Å². The van der Waals surface area contributed by atoms with Crippen LogP contribution in [0.4, 0.5) is 0 Å². The average Bonchev–Trinajstić information content (AvgIpc) is 3.04. The second kappa shape index (κ2) is 6.85. The van der Waals surface area contributed by atoms with Crippen molar-refractivity contribution in [1.29, 1.82) is 0 Å². The van der Waals surface area contributed by atoms with Gasteiger partial charge in [0.15, 0.2) is 0 Å². The molecule has 23 heavy (non-hydrogen) atoms. The average molecular weight is 298 g/mol. The summed E-state index contributed by atoms with van der Waals surface area (Å²) in [5, 5.41) is 0. The normalized spacial score (nSPS) is 11.5. The van der Waals surface area contributed by atoms with E-state index in [0.29, 0.717) is 0 Å². The van der Waals surface area contributed by atoms with Crippen LogP contribution in [0.25, 0.3) is 5.57 Å². The first-order chi connectivity index (χ1) is 11.3. The number of aryl methyl sites for hydroxylation is 1. The van der Waals surface area contributed by atoms with E-state index in [-0.39, 0.29) is 5.92 Å². The van der Waals surface area contributed by atoms with Crippen LogP contribution in [0, 0.1) is 19.3 Å². The van der Waals surface area contributed by atoms with Gasteiger partial charge in [0, 0.05) is 0 Å². The minimum Gasteiger partial charge on any atom is -0.465 e. The summed E-state index contributed by atoms with van der Waals surface area (Å²) >= 11 is 0. The highest BCUT2D eigenvalue weighted by molar-refractivity contribution is 5.80. The summed E-state index contributed by atoms with van der Waals surface area (Å²) in [6.45, 7) is 1.93. The molecule has 0 radical (unpaired) electrons. The molecule has 0 aliphatic heterocycles. The van der Waals surface area contributed by atoms with Crippen molar-refractivity contribution >= 4 is 5.57 Å². The minimum absolute atomic E-state index is 0.195. The molecule has 0 N–H and O–H groups in total. The lowest BCUT2D eigenvalue weighted by molar-refractivity contribution is 0.486. The number of hydrogen-bond donors (Lipinski definition) is 0. The van der Waals surface area contributed by atoms with Crippen LogP contribution in [0.15, 0.2) is 83.3 Å². The first kappa shape index (κ1) is 14.9. The fourth-order valence-corrected chi connectivity index (χ4v) is 2.59. The highest BCUT2D eigenvalue weighted by atomic mass is 16.3. The Labute approximate surface area is 137 Å². The van der Waals surface area contributed by atoms with Crippen molar-refractivity contribution in [2.75, 3.05) is 0 Å². The van der Waals surface area contributed by atoms with Crippen molar-refractivity contribution < 1.29 is 4.42 Å². The fraction of sp³-hybridized carbons (Fsp3) is 0.0909. The maximum absolute atomic E-state index is 5.76. The zero-order chi connectivity index (χ0) is 16.1. The van der Waals surface area contributed by atoms with Gasteiger partial charge in [-0.3, -0.25) is 0 Å². The topological polar surface area (TPSA) is 13.1 Å². The van der Waals surface area contributed by atoms with Crippen molar-refractivity contribution in [3.63, 3.8) is 0 Å². The molecule has 3 rings (SSSR count). The Morgan fingerprint density at radius 3 is 1.91 bits per heavy atom. The molecule has 0 fully saturated rings. The first-order valence-corrected chi connectivity index (χ1v) is 7.63. The highest BCUT2D eigenvalue weighted by Gasteiger charge is 2.13. The zero-order valence-corrected chi connectivity index (χ0v) is 13.1. The second-order valence-corrected chi connectivity index (χ2v) is 5.41. The second-order valence-electron chi connectivity index (χ2n) is 5.41.